The maximum absolute atomic E-state index is 12.4. The number of ether oxygens (including phenoxy) is 2. The molecule has 2 heterocycles. The van der Waals surface area contributed by atoms with Crippen molar-refractivity contribution in [2.75, 3.05) is 13.2 Å². The van der Waals surface area contributed by atoms with Crippen molar-refractivity contribution in [2.45, 2.75) is 26.4 Å². The van der Waals surface area contributed by atoms with Gasteiger partial charge in [0.05, 0.1) is 18.5 Å². The Morgan fingerprint density at radius 1 is 1.50 bits per heavy atom. The van der Waals surface area contributed by atoms with Crippen molar-refractivity contribution in [2.24, 2.45) is 0 Å². The zero-order valence-electron chi connectivity index (χ0n) is 13.9. The average molecular weight is 327 g/mol. The molecule has 0 radical (unpaired) electrons. The standard InChI is InChI=1S/C18H21N3O3/c1-3-23-16-4-5-17-14(9-16)8-15(11-24-17)18(22)20-13(2)10-21-7-6-19-12-21/h4-9,12-13H,3,10-11H2,1-2H3,(H,20,22)/t13-/m1/s1. The van der Waals surface area contributed by atoms with Crippen LogP contribution in [0.5, 0.6) is 11.5 Å². The molecule has 0 unspecified atom stereocenters. The molecule has 24 heavy (non-hydrogen) atoms. The molecule has 1 aromatic carbocycles. The van der Waals surface area contributed by atoms with Gasteiger partial charge in [-0.25, -0.2) is 4.98 Å². The number of fused-ring (bicyclic) bond motifs is 1. The maximum Gasteiger partial charge on any atom is 0.250 e. The van der Waals surface area contributed by atoms with E-state index in [1.165, 1.54) is 0 Å². The smallest absolute Gasteiger partial charge is 0.250 e. The van der Waals surface area contributed by atoms with Crippen LogP contribution >= 0.6 is 0 Å². The van der Waals surface area contributed by atoms with Crippen LogP contribution in [0.4, 0.5) is 0 Å². The molecule has 0 spiro atoms. The lowest BCUT2D eigenvalue weighted by Crippen LogP contribution is -2.37. The third-order valence-electron chi connectivity index (χ3n) is 3.72. The van der Waals surface area contributed by atoms with Crippen LogP contribution in [0.1, 0.15) is 19.4 Å². The lowest BCUT2D eigenvalue weighted by Gasteiger charge is -2.20. The Morgan fingerprint density at radius 3 is 3.12 bits per heavy atom. The number of imidazole rings is 1. The monoisotopic (exact) mass is 327 g/mol. The average Bonchev–Trinajstić information content (AvgIpc) is 3.07. The predicted octanol–water partition coefficient (Wildman–Crippen LogP) is 2.26. The third-order valence-corrected chi connectivity index (χ3v) is 3.72. The fraction of sp³-hybridized carbons (Fsp3) is 0.333. The highest BCUT2D eigenvalue weighted by Gasteiger charge is 2.19. The number of hydrogen-bond donors (Lipinski definition) is 1. The summed E-state index contributed by atoms with van der Waals surface area (Å²) in [4.78, 5) is 16.4. The lowest BCUT2D eigenvalue weighted by atomic mass is 10.1. The fourth-order valence-electron chi connectivity index (χ4n) is 2.62. The van der Waals surface area contributed by atoms with Crippen molar-refractivity contribution in [3.8, 4) is 11.5 Å². The number of rotatable bonds is 6. The van der Waals surface area contributed by atoms with E-state index >= 15 is 0 Å². The molecule has 1 aliphatic rings. The Balaban J connectivity index is 1.67. The quantitative estimate of drug-likeness (QED) is 0.884. The molecule has 0 fully saturated rings. The summed E-state index contributed by atoms with van der Waals surface area (Å²) in [5.74, 6) is 1.42. The first-order valence-corrected chi connectivity index (χ1v) is 8.02. The van der Waals surface area contributed by atoms with E-state index in [0.717, 1.165) is 17.1 Å². The number of nitrogens with one attached hydrogen (secondary N) is 1. The van der Waals surface area contributed by atoms with Crippen LogP contribution in [0.3, 0.4) is 0 Å². The summed E-state index contributed by atoms with van der Waals surface area (Å²) in [7, 11) is 0. The number of hydrogen-bond acceptors (Lipinski definition) is 4. The van der Waals surface area contributed by atoms with Crippen LogP contribution in [0, 0.1) is 0 Å². The van der Waals surface area contributed by atoms with E-state index in [0.29, 0.717) is 18.7 Å². The molecular weight excluding hydrogens is 306 g/mol. The minimum absolute atomic E-state index is 0.0104. The molecule has 1 amide bonds. The number of benzene rings is 1. The Hall–Kier alpha value is -2.76. The SMILES string of the molecule is CCOc1ccc2c(c1)C=C(C(=O)N[C@H](C)Cn1ccnc1)CO2. The van der Waals surface area contributed by atoms with E-state index in [-0.39, 0.29) is 18.6 Å². The minimum atomic E-state index is -0.116. The molecule has 6 heteroatoms. The Bertz CT molecular complexity index is 738. The van der Waals surface area contributed by atoms with E-state index in [1.807, 2.05) is 48.9 Å². The Labute approximate surface area is 141 Å². The summed E-state index contributed by atoms with van der Waals surface area (Å²) >= 11 is 0. The van der Waals surface area contributed by atoms with Crippen LogP contribution in [-0.4, -0.2) is 34.7 Å². The second kappa shape index (κ2) is 7.21. The molecular formula is C18H21N3O3. The van der Waals surface area contributed by atoms with Crippen molar-refractivity contribution >= 4 is 12.0 Å². The molecule has 0 aliphatic carbocycles. The highest BCUT2D eigenvalue weighted by Crippen LogP contribution is 2.30. The number of aromatic nitrogens is 2. The highest BCUT2D eigenvalue weighted by atomic mass is 16.5. The van der Waals surface area contributed by atoms with Crippen molar-refractivity contribution in [1.82, 2.24) is 14.9 Å². The second-order valence-electron chi connectivity index (χ2n) is 5.72. The summed E-state index contributed by atoms with van der Waals surface area (Å²) in [5, 5.41) is 2.99. The molecule has 0 bridgehead atoms. The van der Waals surface area contributed by atoms with Gasteiger partial charge in [0.15, 0.2) is 0 Å². The topological polar surface area (TPSA) is 65.4 Å². The molecule has 3 rings (SSSR count). The van der Waals surface area contributed by atoms with Crippen LogP contribution in [0.15, 0.2) is 42.5 Å². The first-order valence-electron chi connectivity index (χ1n) is 8.02. The minimum Gasteiger partial charge on any atom is -0.494 e. The maximum atomic E-state index is 12.4. The third kappa shape index (κ3) is 3.76. The van der Waals surface area contributed by atoms with Crippen molar-refractivity contribution in [1.29, 1.82) is 0 Å². The van der Waals surface area contributed by atoms with Crippen LogP contribution < -0.4 is 14.8 Å². The molecule has 126 valence electrons. The lowest BCUT2D eigenvalue weighted by molar-refractivity contribution is -0.118. The van der Waals surface area contributed by atoms with Gasteiger partial charge in [0.1, 0.15) is 18.1 Å². The molecule has 1 aliphatic heterocycles. The van der Waals surface area contributed by atoms with Gasteiger partial charge in [-0.3, -0.25) is 4.79 Å². The van der Waals surface area contributed by atoms with E-state index in [2.05, 4.69) is 10.3 Å². The van der Waals surface area contributed by atoms with Gasteiger partial charge >= 0.3 is 0 Å². The van der Waals surface area contributed by atoms with Crippen LogP contribution in [0.2, 0.25) is 0 Å². The summed E-state index contributed by atoms with van der Waals surface area (Å²) in [6.45, 7) is 5.44. The van der Waals surface area contributed by atoms with E-state index < -0.39 is 0 Å². The molecule has 1 aromatic heterocycles. The summed E-state index contributed by atoms with van der Waals surface area (Å²) in [5.41, 5.74) is 1.47. The van der Waals surface area contributed by atoms with Gasteiger partial charge in [-0.2, -0.15) is 0 Å². The van der Waals surface area contributed by atoms with E-state index in [4.69, 9.17) is 9.47 Å². The summed E-state index contributed by atoms with van der Waals surface area (Å²) < 4.78 is 13.1. The summed E-state index contributed by atoms with van der Waals surface area (Å²) in [6, 6.07) is 5.62. The van der Waals surface area contributed by atoms with Gasteiger partial charge in [-0.05, 0) is 38.1 Å². The zero-order valence-corrected chi connectivity index (χ0v) is 13.9. The van der Waals surface area contributed by atoms with Crippen molar-refractivity contribution in [3.63, 3.8) is 0 Å². The Morgan fingerprint density at radius 2 is 2.38 bits per heavy atom. The van der Waals surface area contributed by atoms with Crippen molar-refractivity contribution < 1.29 is 14.3 Å². The summed E-state index contributed by atoms with van der Waals surface area (Å²) in [6.07, 6.45) is 7.19. The number of nitrogens with zero attached hydrogens (tertiary/aromatic N) is 2. The molecule has 1 atom stereocenters. The van der Waals surface area contributed by atoms with Gasteiger partial charge in [0, 0.05) is 30.5 Å². The molecule has 0 saturated heterocycles. The van der Waals surface area contributed by atoms with Gasteiger partial charge in [-0.15, -0.1) is 0 Å². The van der Waals surface area contributed by atoms with Crippen LogP contribution in [0.25, 0.3) is 6.08 Å². The zero-order chi connectivity index (χ0) is 16.9. The van der Waals surface area contributed by atoms with Crippen molar-refractivity contribution in [3.05, 3.63) is 48.1 Å². The van der Waals surface area contributed by atoms with Gasteiger partial charge in [0.25, 0.3) is 5.91 Å². The molecule has 6 nitrogen and oxygen atoms in total. The van der Waals surface area contributed by atoms with E-state index in [1.54, 1.807) is 12.5 Å². The second-order valence-corrected chi connectivity index (χ2v) is 5.72. The predicted molar refractivity (Wildman–Crippen MR) is 90.9 cm³/mol. The Kier molecular flexibility index (Phi) is 4.84. The number of carbonyl (C=O) groups is 1. The normalized spacial score (nSPS) is 14.2. The van der Waals surface area contributed by atoms with Gasteiger partial charge in [0.2, 0.25) is 0 Å². The first kappa shape index (κ1) is 16.1. The number of carbonyl (C=O) groups excluding carboxylic acids is 1. The number of amides is 1. The van der Waals surface area contributed by atoms with Crippen LogP contribution in [-0.2, 0) is 11.3 Å². The fourth-order valence-corrected chi connectivity index (χ4v) is 2.62. The molecule has 2 aromatic rings. The highest BCUT2D eigenvalue weighted by molar-refractivity contribution is 5.99. The molecule has 0 saturated carbocycles. The van der Waals surface area contributed by atoms with Gasteiger partial charge in [-0.1, -0.05) is 0 Å². The first-order chi connectivity index (χ1) is 11.7. The largest absolute Gasteiger partial charge is 0.494 e. The van der Waals surface area contributed by atoms with E-state index in [9.17, 15) is 4.79 Å². The van der Waals surface area contributed by atoms with Gasteiger partial charge < -0.3 is 19.4 Å². The molecule has 1 N–H and O–H groups in total.